The Morgan fingerprint density at radius 1 is 0.938 bits per heavy atom. The van der Waals surface area contributed by atoms with Crippen molar-refractivity contribution in [1.82, 2.24) is 14.5 Å². The van der Waals surface area contributed by atoms with E-state index in [4.69, 9.17) is 0 Å². The van der Waals surface area contributed by atoms with E-state index < -0.39 is 15.9 Å². The Kier molecular flexibility index (Phi) is 5.41. The van der Waals surface area contributed by atoms with Gasteiger partial charge in [-0.2, -0.15) is 5.10 Å². The predicted molar refractivity (Wildman–Crippen MR) is 119 cm³/mol. The van der Waals surface area contributed by atoms with Crippen LogP contribution in [0.5, 0.6) is 11.5 Å². The normalized spacial score (nSPS) is 11.3. The summed E-state index contributed by atoms with van der Waals surface area (Å²) in [6, 6.07) is 21.2. The first kappa shape index (κ1) is 21.1. The number of nitrogens with one attached hydrogen (secondary N) is 1. The van der Waals surface area contributed by atoms with Gasteiger partial charge in [-0.1, -0.05) is 30.3 Å². The van der Waals surface area contributed by atoms with Crippen LogP contribution in [0.4, 0.5) is 0 Å². The Bertz CT molecular complexity index is 1400. The lowest BCUT2D eigenvalue weighted by atomic mass is 10.1. The van der Waals surface area contributed by atoms with Crippen LogP contribution >= 0.6 is 0 Å². The number of hydrogen-bond acceptors (Lipinski definition) is 6. The van der Waals surface area contributed by atoms with E-state index >= 15 is 0 Å². The summed E-state index contributed by atoms with van der Waals surface area (Å²) in [6.07, 6.45) is 0. The molecule has 0 saturated heterocycles. The van der Waals surface area contributed by atoms with E-state index in [2.05, 4.69) is 5.10 Å². The Labute approximate surface area is 184 Å². The number of hydrogen-bond donors (Lipinski definition) is 3. The second-order valence-corrected chi connectivity index (χ2v) is 8.73. The lowest BCUT2D eigenvalue weighted by Gasteiger charge is -2.10. The first-order valence-electron chi connectivity index (χ1n) is 9.56. The number of nitrogens with zero attached hydrogens (tertiary/aromatic N) is 2. The number of rotatable bonds is 5. The van der Waals surface area contributed by atoms with Gasteiger partial charge in [0.1, 0.15) is 11.5 Å². The van der Waals surface area contributed by atoms with Crippen LogP contribution in [-0.4, -0.2) is 34.3 Å². The Morgan fingerprint density at radius 3 is 2.28 bits per heavy atom. The summed E-state index contributed by atoms with van der Waals surface area (Å²) in [7, 11) is -3.97. The van der Waals surface area contributed by atoms with E-state index in [1.807, 2.05) is 35.1 Å². The molecule has 1 heterocycles. The molecule has 162 valence electrons. The van der Waals surface area contributed by atoms with Crippen LogP contribution in [0.2, 0.25) is 0 Å². The summed E-state index contributed by atoms with van der Waals surface area (Å²) >= 11 is 0. The molecule has 0 aliphatic heterocycles. The minimum Gasteiger partial charge on any atom is -0.508 e. The molecule has 0 bridgehead atoms. The molecule has 0 aliphatic carbocycles. The van der Waals surface area contributed by atoms with Crippen LogP contribution in [0.3, 0.4) is 0 Å². The van der Waals surface area contributed by atoms with Gasteiger partial charge >= 0.3 is 0 Å². The van der Waals surface area contributed by atoms with Crippen LogP contribution in [0.1, 0.15) is 6.92 Å². The monoisotopic (exact) mass is 449 g/mol. The third kappa shape index (κ3) is 4.19. The third-order valence-corrected chi connectivity index (χ3v) is 6.15. The molecule has 9 heteroatoms. The van der Waals surface area contributed by atoms with E-state index in [1.54, 1.807) is 22.9 Å². The molecule has 0 saturated carbocycles. The van der Waals surface area contributed by atoms with Crippen LogP contribution in [0.15, 0.2) is 83.8 Å². The van der Waals surface area contributed by atoms with Gasteiger partial charge in [-0.25, -0.2) is 17.8 Å². The number of phenolic OH excluding ortho intramolecular Hbond substituents is 2. The van der Waals surface area contributed by atoms with Crippen molar-refractivity contribution in [3.8, 4) is 39.7 Å². The van der Waals surface area contributed by atoms with Gasteiger partial charge in [0.25, 0.3) is 10.0 Å². The molecule has 0 aliphatic rings. The number of aromatic hydroxyl groups is 2. The fraction of sp³-hybridized carbons (Fsp3) is 0.0435. The van der Waals surface area contributed by atoms with E-state index in [0.717, 1.165) is 12.5 Å². The largest absolute Gasteiger partial charge is 0.508 e. The zero-order chi connectivity index (χ0) is 22.9. The Hall–Kier alpha value is -4.11. The maximum atomic E-state index is 12.2. The van der Waals surface area contributed by atoms with Crippen molar-refractivity contribution in [3.63, 3.8) is 0 Å². The van der Waals surface area contributed by atoms with E-state index in [1.165, 1.54) is 30.3 Å². The van der Waals surface area contributed by atoms with Crippen LogP contribution in [-0.2, 0) is 14.8 Å². The highest BCUT2D eigenvalue weighted by atomic mass is 32.2. The maximum Gasteiger partial charge on any atom is 0.264 e. The summed E-state index contributed by atoms with van der Waals surface area (Å²) in [5, 5.41) is 25.0. The van der Waals surface area contributed by atoms with Gasteiger partial charge in [0.15, 0.2) is 0 Å². The number of benzene rings is 3. The molecule has 0 atom stereocenters. The molecule has 32 heavy (non-hydrogen) atoms. The van der Waals surface area contributed by atoms with Crippen molar-refractivity contribution in [2.24, 2.45) is 0 Å². The highest BCUT2D eigenvalue weighted by Gasteiger charge is 2.19. The second kappa shape index (κ2) is 8.20. The predicted octanol–water partition coefficient (Wildman–Crippen LogP) is 3.44. The van der Waals surface area contributed by atoms with Gasteiger partial charge in [0.05, 0.1) is 22.0 Å². The van der Waals surface area contributed by atoms with Crippen molar-refractivity contribution in [2.75, 3.05) is 0 Å². The van der Waals surface area contributed by atoms with E-state index in [0.29, 0.717) is 22.6 Å². The quantitative estimate of drug-likeness (QED) is 0.401. The average molecular weight is 449 g/mol. The lowest BCUT2D eigenvalue weighted by molar-refractivity contribution is -0.117. The average Bonchev–Trinajstić information content (AvgIpc) is 3.20. The van der Waals surface area contributed by atoms with Crippen LogP contribution in [0.25, 0.3) is 28.2 Å². The minimum atomic E-state index is -3.97. The summed E-state index contributed by atoms with van der Waals surface area (Å²) in [6.45, 7) is 1.12. The fourth-order valence-corrected chi connectivity index (χ4v) is 4.25. The van der Waals surface area contributed by atoms with Gasteiger partial charge in [-0.05, 0) is 48.5 Å². The van der Waals surface area contributed by atoms with Crippen molar-refractivity contribution in [1.29, 1.82) is 0 Å². The van der Waals surface area contributed by atoms with Crippen LogP contribution < -0.4 is 4.72 Å². The highest BCUT2D eigenvalue weighted by Crippen LogP contribution is 2.36. The molecule has 0 spiro atoms. The summed E-state index contributed by atoms with van der Waals surface area (Å²) < 4.78 is 27.9. The van der Waals surface area contributed by atoms with Crippen molar-refractivity contribution in [2.45, 2.75) is 11.8 Å². The second-order valence-electron chi connectivity index (χ2n) is 7.05. The van der Waals surface area contributed by atoms with Gasteiger partial charge in [-0.15, -0.1) is 0 Å². The summed E-state index contributed by atoms with van der Waals surface area (Å²) in [4.78, 5) is 11.1. The number of sulfonamides is 1. The SMILES string of the molecule is CC(=O)NS(=O)(=O)c1ccc(-n2nc(-c3ccccc3)cc2-c2cc(O)ccc2O)cc1. The topological polar surface area (TPSA) is 122 Å². The fourth-order valence-electron chi connectivity index (χ4n) is 3.26. The molecule has 3 N–H and O–H groups in total. The maximum absolute atomic E-state index is 12.2. The third-order valence-electron chi connectivity index (χ3n) is 4.70. The van der Waals surface area contributed by atoms with Crippen molar-refractivity contribution >= 4 is 15.9 Å². The first-order chi connectivity index (χ1) is 15.2. The smallest absolute Gasteiger partial charge is 0.264 e. The zero-order valence-corrected chi connectivity index (χ0v) is 17.7. The van der Waals surface area contributed by atoms with Crippen LogP contribution in [0, 0.1) is 0 Å². The number of amides is 1. The molecule has 3 aromatic carbocycles. The van der Waals surface area contributed by atoms with Crippen molar-refractivity contribution < 1.29 is 23.4 Å². The molecule has 8 nitrogen and oxygen atoms in total. The molecular weight excluding hydrogens is 430 g/mol. The minimum absolute atomic E-state index is 0.0245. The van der Waals surface area contributed by atoms with Gasteiger partial charge in [0, 0.05) is 18.1 Å². The molecule has 4 aromatic rings. The highest BCUT2D eigenvalue weighted by molar-refractivity contribution is 7.90. The standard InChI is InChI=1S/C23H19N3O5S/c1-15(27)25-32(30,31)19-10-7-17(8-11-19)26-22(20-13-18(28)9-12-23(20)29)14-21(24-26)16-5-3-2-4-6-16/h2-14,28-29H,1H3,(H,25,27). The number of carbonyl (C=O) groups excluding carboxylic acids is 1. The summed E-state index contributed by atoms with van der Waals surface area (Å²) in [5.74, 6) is -0.757. The molecule has 1 aromatic heterocycles. The molecule has 4 rings (SSSR count). The molecule has 0 radical (unpaired) electrons. The zero-order valence-electron chi connectivity index (χ0n) is 16.9. The molecule has 0 fully saturated rings. The first-order valence-corrected chi connectivity index (χ1v) is 11.0. The Morgan fingerprint density at radius 2 is 1.62 bits per heavy atom. The van der Waals surface area contributed by atoms with E-state index in [9.17, 15) is 23.4 Å². The van der Waals surface area contributed by atoms with Gasteiger partial charge in [0.2, 0.25) is 5.91 Å². The number of aromatic nitrogens is 2. The lowest BCUT2D eigenvalue weighted by Crippen LogP contribution is -2.28. The number of phenols is 2. The Balaban J connectivity index is 1.85. The molecule has 1 amide bonds. The van der Waals surface area contributed by atoms with E-state index in [-0.39, 0.29) is 16.4 Å². The molecular formula is C23H19N3O5S. The molecule has 0 unspecified atom stereocenters. The summed E-state index contributed by atoms with van der Waals surface area (Å²) in [5.41, 5.74) is 2.84. The van der Waals surface area contributed by atoms with Gasteiger partial charge < -0.3 is 10.2 Å². The van der Waals surface area contributed by atoms with Gasteiger partial charge in [-0.3, -0.25) is 4.79 Å². The number of carbonyl (C=O) groups is 1. The van der Waals surface area contributed by atoms with Crippen molar-refractivity contribution in [3.05, 3.63) is 78.9 Å².